The molecule has 0 bridgehead atoms. The highest BCUT2D eigenvalue weighted by Gasteiger charge is 2.26. The Morgan fingerprint density at radius 3 is 2.11 bits per heavy atom. The first-order valence-electron chi connectivity index (χ1n) is 6.78. The molecule has 0 atom stereocenters. The van der Waals surface area contributed by atoms with Crippen LogP contribution >= 0.6 is 0 Å². The van der Waals surface area contributed by atoms with Gasteiger partial charge in [-0.15, -0.1) is 0 Å². The first kappa shape index (κ1) is 15.7. The standard InChI is InChI=1S/C14H24N2O3/c1-10(17)11-5-7-16(8-6-11)12(18)9-15-13(19)14(2,3)4/h11H,5-9H2,1-4H3,(H,15,19). The van der Waals surface area contributed by atoms with Gasteiger partial charge in [-0.1, -0.05) is 20.8 Å². The summed E-state index contributed by atoms with van der Waals surface area (Å²) in [6, 6.07) is 0. The van der Waals surface area contributed by atoms with Crippen molar-refractivity contribution in [2.45, 2.75) is 40.5 Å². The first-order chi connectivity index (χ1) is 8.71. The Morgan fingerprint density at radius 1 is 1.16 bits per heavy atom. The Kier molecular flexibility index (Phi) is 5.09. The number of likely N-dealkylation sites (tertiary alicyclic amines) is 1. The van der Waals surface area contributed by atoms with E-state index in [2.05, 4.69) is 5.32 Å². The predicted octanol–water partition coefficient (Wildman–Crippen LogP) is 0.976. The van der Waals surface area contributed by atoms with Crippen LogP contribution in [0.2, 0.25) is 0 Å². The van der Waals surface area contributed by atoms with E-state index in [0.29, 0.717) is 13.1 Å². The molecular weight excluding hydrogens is 244 g/mol. The summed E-state index contributed by atoms with van der Waals surface area (Å²) in [4.78, 5) is 36.6. The van der Waals surface area contributed by atoms with Crippen LogP contribution in [-0.2, 0) is 14.4 Å². The molecule has 5 heteroatoms. The third kappa shape index (κ3) is 4.65. The van der Waals surface area contributed by atoms with E-state index in [0.717, 1.165) is 12.8 Å². The molecule has 19 heavy (non-hydrogen) atoms. The maximum Gasteiger partial charge on any atom is 0.241 e. The highest BCUT2D eigenvalue weighted by atomic mass is 16.2. The second-order valence-corrected chi connectivity index (χ2v) is 6.20. The molecule has 1 rings (SSSR count). The lowest BCUT2D eigenvalue weighted by molar-refractivity contribution is -0.137. The van der Waals surface area contributed by atoms with Crippen LogP contribution in [0.25, 0.3) is 0 Å². The van der Waals surface area contributed by atoms with E-state index in [1.165, 1.54) is 0 Å². The molecule has 1 heterocycles. The third-order valence-electron chi connectivity index (χ3n) is 3.50. The molecule has 1 aliphatic heterocycles. The number of hydrogen-bond acceptors (Lipinski definition) is 3. The molecule has 2 amide bonds. The fraction of sp³-hybridized carbons (Fsp3) is 0.786. The van der Waals surface area contributed by atoms with Gasteiger partial charge in [0.25, 0.3) is 0 Å². The molecule has 0 aromatic carbocycles. The van der Waals surface area contributed by atoms with E-state index in [1.807, 2.05) is 20.8 Å². The molecule has 0 aliphatic carbocycles. The lowest BCUT2D eigenvalue weighted by Crippen LogP contribution is -2.46. The quantitative estimate of drug-likeness (QED) is 0.829. The average Bonchev–Trinajstić information content (AvgIpc) is 2.34. The van der Waals surface area contributed by atoms with Crippen molar-refractivity contribution in [3.63, 3.8) is 0 Å². The Labute approximate surface area is 114 Å². The number of nitrogens with zero attached hydrogens (tertiary/aromatic N) is 1. The van der Waals surface area contributed by atoms with Crippen LogP contribution in [0.1, 0.15) is 40.5 Å². The summed E-state index contributed by atoms with van der Waals surface area (Å²) in [6.07, 6.45) is 1.46. The molecule has 1 fully saturated rings. The molecule has 0 unspecified atom stereocenters. The zero-order valence-electron chi connectivity index (χ0n) is 12.3. The summed E-state index contributed by atoms with van der Waals surface area (Å²) in [5.41, 5.74) is -0.484. The van der Waals surface area contributed by atoms with Gasteiger partial charge in [-0.2, -0.15) is 0 Å². The number of carbonyl (C=O) groups excluding carboxylic acids is 3. The Bertz CT molecular complexity index is 363. The van der Waals surface area contributed by atoms with Gasteiger partial charge >= 0.3 is 0 Å². The Balaban J connectivity index is 2.36. The van der Waals surface area contributed by atoms with Crippen molar-refractivity contribution in [2.75, 3.05) is 19.6 Å². The van der Waals surface area contributed by atoms with E-state index < -0.39 is 5.41 Å². The molecule has 5 nitrogen and oxygen atoms in total. The Morgan fingerprint density at radius 2 is 1.68 bits per heavy atom. The summed E-state index contributed by atoms with van der Waals surface area (Å²) < 4.78 is 0. The average molecular weight is 268 g/mol. The summed E-state index contributed by atoms with van der Waals surface area (Å²) in [7, 11) is 0. The number of amides is 2. The maximum absolute atomic E-state index is 11.9. The number of nitrogens with one attached hydrogen (secondary N) is 1. The predicted molar refractivity (Wildman–Crippen MR) is 72.4 cm³/mol. The van der Waals surface area contributed by atoms with E-state index in [9.17, 15) is 14.4 Å². The number of ketones is 1. The van der Waals surface area contributed by atoms with Crippen LogP contribution in [0.5, 0.6) is 0 Å². The fourth-order valence-electron chi connectivity index (χ4n) is 2.07. The summed E-state index contributed by atoms with van der Waals surface area (Å²) in [5, 5.41) is 2.66. The van der Waals surface area contributed by atoms with Crippen LogP contribution < -0.4 is 5.32 Å². The molecule has 0 spiro atoms. The van der Waals surface area contributed by atoms with Crippen LogP contribution in [0.4, 0.5) is 0 Å². The smallest absolute Gasteiger partial charge is 0.241 e. The molecule has 1 saturated heterocycles. The van der Waals surface area contributed by atoms with Crippen molar-refractivity contribution >= 4 is 17.6 Å². The van der Waals surface area contributed by atoms with Crippen molar-refractivity contribution in [2.24, 2.45) is 11.3 Å². The first-order valence-corrected chi connectivity index (χ1v) is 6.78. The van der Waals surface area contributed by atoms with Crippen molar-refractivity contribution < 1.29 is 14.4 Å². The second kappa shape index (κ2) is 6.17. The van der Waals surface area contributed by atoms with Crippen LogP contribution in [0.3, 0.4) is 0 Å². The molecule has 1 N–H and O–H groups in total. The molecule has 0 aromatic rings. The lowest BCUT2D eigenvalue weighted by Gasteiger charge is -2.31. The monoisotopic (exact) mass is 268 g/mol. The minimum Gasteiger partial charge on any atom is -0.347 e. The molecule has 108 valence electrons. The lowest BCUT2D eigenvalue weighted by atomic mass is 9.93. The number of carbonyl (C=O) groups is 3. The fourth-order valence-corrected chi connectivity index (χ4v) is 2.07. The van der Waals surface area contributed by atoms with Gasteiger partial charge < -0.3 is 10.2 Å². The summed E-state index contributed by atoms with van der Waals surface area (Å²) in [5.74, 6) is 0.0976. The number of rotatable bonds is 3. The van der Waals surface area contributed by atoms with Gasteiger partial charge in [-0.25, -0.2) is 0 Å². The van der Waals surface area contributed by atoms with Gasteiger partial charge in [-0.3, -0.25) is 14.4 Å². The van der Waals surface area contributed by atoms with Crippen molar-refractivity contribution in [3.8, 4) is 0 Å². The molecule has 0 radical (unpaired) electrons. The minimum atomic E-state index is -0.484. The topological polar surface area (TPSA) is 66.5 Å². The van der Waals surface area contributed by atoms with Gasteiger partial charge in [0, 0.05) is 24.4 Å². The van der Waals surface area contributed by atoms with Crippen molar-refractivity contribution in [1.29, 1.82) is 0 Å². The normalized spacial score (nSPS) is 17.2. The summed E-state index contributed by atoms with van der Waals surface area (Å²) in [6.45, 7) is 8.29. The molecule has 0 saturated carbocycles. The number of hydrogen-bond donors (Lipinski definition) is 1. The van der Waals surface area contributed by atoms with Crippen LogP contribution in [-0.4, -0.2) is 42.1 Å². The Hall–Kier alpha value is -1.39. The molecule has 1 aliphatic rings. The van der Waals surface area contributed by atoms with E-state index in [-0.39, 0.29) is 30.1 Å². The molecular formula is C14H24N2O3. The van der Waals surface area contributed by atoms with Crippen molar-refractivity contribution in [3.05, 3.63) is 0 Å². The van der Waals surface area contributed by atoms with Gasteiger partial charge in [0.15, 0.2) is 0 Å². The van der Waals surface area contributed by atoms with E-state index in [4.69, 9.17) is 0 Å². The van der Waals surface area contributed by atoms with Gasteiger partial charge in [0.2, 0.25) is 11.8 Å². The highest BCUT2D eigenvalue weighted by Crippen LogP contribution is 2.18. The zero-order valence-corrected chi connectivity index (χ0v) is 12.3. The summed E-state index contributed by atoms with van der Waals surface area (Å²) >= 11 is 0. The van der Waals surface area contributed by atoms with E-state index >= 15 is 0 Å². The highest BCUT2D eigenvalue weighted by molar-refractivity contribution is 5.87. The zero-order chi connectivity index (χ0) is 14.6. The molecule has 0 aromatic heterocycles. The van der Waals surface area contributed by atoms with Gasteiger partial charge in [-0.05, 0) is 19.8 Å². The van der Waals surface area contributed by atoms with Crippen LogP contribution in [0, 0.1) is 11.3 Å². The number of Topliss-reactive ketones (excluding diaryl/α,β-unsaturated/α-hetero) is 1. The van der Waals surface area contributed by atoms with Crippen LogP contribution in [0.15, 0.2) is 0 Å². The number of piperidine rings is 1. The SMILES string of the molecule is CC(=O)C1CCN(C(=O)CNC(=O)C(C)(C)C)CC1. The third-order valence-corrected chi connectivity index (χ3v) is 3.50. The van der Waals surface area contributed by atoms with Crippen molar-refractivity contribution in [1.82, 2.24) is 10.2 Å². The van der Waals surface area contributed by atoms with Gasteiger partial charge in [0.1, 0.15) is 5.78 Å². The minimum absolute atomic E-state index is 0.0425. The van der Waals surface area contributed by atoms with Gasteiger partial charge in [0.05, 0.1) is 6.54 Å². The maximum atomic E-state index is 11.9. The van der Waals surface area contributed by atoms with E-state index in [1.54, 1.807) is 11.8 Å². The second-order valence-electron chi connectivity index (χ2n) is 6.20. The largest absolute Gasteiger partial charge is 0.347 e.